The number of nitrogens with zero attached hydrogens (tertiary/aromatic N) is 2. The topological polar surface area (TPSA) is 52.0 Å². The second-order valence-electron chi connectivity index (χ2n) is 5.57. The van der Waals surface area contributed by atoms with Crippen LogP contribution in [0.15, 0.2) is 18.2 Å². The van der Waals surface area contributed by atoms with Gasteiger partial charge in [-0.1, -0.05) is 17.7 Å². The molecule has 0 bridgehead atoms. The Morgan fingerprint density at radius 3 is 2.86 bits per heavy atom. The van der Waals surface area contributed by atoms with Crippen molar-refractivity contribution in [2.75, 3.05) is 11.5 Å². The number of sulfone groups is 1. The van der Waals surface area contributed by atoms with Crippen molar-refractivity contribution in [3.8, 4) is 0 Å². The number of hydrogen-bond acceptors (Lipinski definition) is 3. The molecule has 21 heavy (non-hydrogen) atoms. The van der Waals surface area contributed by atoms with Gasteiger partial charge in [-0.3, -0.25) is 0 Å². The standard InChI is InChI=1S/C14H16Cl2N2O2S/c1-9(15)14-17-13-11(16)3-2-4-12(13)18(14)7-10-5-6-21(19,20)8-10/h2-4,9-10H,5-8H2,1H3. The fourth-order valence-electron chi connectivity index (χ4n) is 2.90. The van der Waals surface area contributed by atoms with Crippen LogP contribution >= 0.6 is 23.2 Å². The van der Waals surface area contributed by atoms with Crippen LogP contribution in [-0.4, -0.2) is 29.5 Å². The molecule has 0 saturated carbocycles. The number of fused-ring (bicyclic) bond motifs is 1. The molecule has 0 amide bonds. The Balaban J connectivity index is 2.04. The summed E-state index contributed by atoms with van der Waals surface area (Å²) < 4.78 is 25.3. The Kier molecular flexibility index (Phi) is 3.93. The molecule has 0 radical (unpaired) electrons. The highest BCUT2D eigenvalue weighted by Gasteiger charge is 2.29. The van der Waals surface area contributed by atoms with Gasteiger partial charge in [-0.05, 0) is 31.4 Å². The largest absolute Gasteiger partial charge is 0.326 e. The van der Waals surface area contributed by atoms with Crippen LogP contribution in [0.2, 0.25) is 5.02 Å². The van der Waals surface area contributed by atoms with E-state index in [9.17, 15) is 8.42 Å². The van der Waals surface area contributed by atoms with Gasteiger partial charge in [0.1, 0.15) is 11.3 Å². The van der Waals surface area contributed by atoms with Gasteiger partial charge in [0.2, 0.25) is 0 Å². The van der Waals surface area contributed by atoms with Crippen LogP contribution in [-0.2, 0) is 16.4 Å². The number of rotatable bonds is 3. The summed E-state index contributed by atoms with van der Waals surface area (Å²) in [5.74, 6) is 1.37. The molecule has 0 N–H and O–H groups in total. The monoisotopic (exact) mass is 346 g/mol. The van der Waals surface area contributed by atoms with Crippen LogP contribution in [0.5, 0.6) is 0 Å². The van der Waals surface area contributed by atoms with Gasteiger partial charge < -0.3 is 4.57 Å². The average Bonchev–Trinajstić information content (AvgIpc) is 2.92. The number of para-hydroxylation sites is 1. The molecular weight excluding hydrogens is 331 g/mol. The first-order chi connectivity index (χ1) is 9.87. The minimum Gasteiger partial charge on any atom is -0.326 e. The van der Waals surface area contributed by atoms with E-state index in [0.717, 1.165) is 16.9 Å². The summed E-state index contributed by atoms with van der Waals surface area (Å²) >= 11 is 12.4. The Morgan fingerprint density at radius 2 is 2.24 bits per heavy atom. The first-order valence-electron chi connectivity index (χ1n) is 6.86. The van der Waals surface area contributed by atoms with Crippen molar-refractivity contribution < 1.29 is 8.42 Å². The fraction of sp³-hybridized carbons (Fsp3) is 0.500. The Bertz CT molecular complexity index is 784. The molecule has 2 heterocycles. The minimum atomic E-state index is -2.89. The Morgan fingerprint density at radius 1 is 1.48 bits per heavy atom. The van der Waals surface area contributed by atoms with Crippen LogP contribution in [0.4, 0.5) is 0 Å². The van der Waals surface area contributed by atoms with Gasteiger partial charge in [-0.2, -0.15) is 0 Å². The van der Waals surface area contributed by atoms with E-state index in [1.165, 1.54) is 0 Å². The zero-order valence-electron chi connectivity index (χ0n) is 11.6. The molecule has 4 nitrogen and oxygen atoms in total. The molecule has 1 aliphatic heterocycles. The zero-order chi connectivity index (χ0) is 15.2. The average molecular weight is 347 g/mol. The molecule has 3 rings (SSSR count). The van der Waals surface area contributed by atoms with Crippen LogP contribution in [0.3, 0.4) is 0 Å². The van der Waals surface area contributed by atoms with Gasteiger partial charge in [0.25, 0.3) is 0 Å². The maximum atomic E-state index is 11.6. The quantitative estimate of drug-likeness (QED) is 0.800. The highest BCUT2D eigenvalue weighted by molar-refractivity contribution is 7.91. The third-order valence-corrected chi connectivity index (χ3v) is 6.22. The van der Waals surface area contributed by atoms with E-state index in [2.05, 4.69) is 4.98 Å². The van der Waals surface area contributed by atoms with Gasteiger partial charge in [0, 0.05) is 6.54 Å². The smallest absolute Gasteiger partial charge is 0.150 e. The molecule has 2 aromatic rings. The van der Waals surface area contributed by atoms with Gasteiger partial charge >= 0.3 is 0 Å². The lowest BCUT2D eigenvalue weighted by Gasteiger charge is -2.14. The number of hydrogen-bond donors (Lipinski definition) is 0. The summed E-state index contributed by atoms with van der Waals surface area (Å²) in [5, 5.41) is 0.329. The van der Waals surface area contributed by atoms with Crippen molar-refractivity contribution in [1.82, 2.24) is 9.55 Å². The lowest BCUT2D eigenvalue weighted by molar-refractivity contribution is 0.486. The highest BCUT2D eigenvalue weighted by Crippen LogP contribution is 2.31. The molecule has 0 aliphatic carbocycles. The summed E-state index contributed by atoms with van der Waals surface area (Å²) in [6, 6.07) is 5.61. The molecule has 0 spiro atoms. The molecule has 114 valence electrons. The Hall–Kier alpha value is -0.780. The molecule has 2 unspecified atom stereocenters. The lowest BCUT2D eigenvalue weighted by Crippen LogP contribution is -2.15. The van der Waals surface area contributed by atoms with Crippen molar-refractivity contribution in [2.24, 2.45) is 5.92 Å². The van der Waals surface area contributed by atoms with Gasteiger partial charge in [0.05, 0.1) is 27.4 Å². The predicted octanol–water partition coefficient (Wildman–Crippen LogP) is 3.42. The number of alkyl halides is 1. The minimum absolute atomic E-state index is 0.112. The number of benzene rings is 1. The maximum absolute atomic E-state index is 11.6. The molecule has 1 fully saturated rings. The lowest BCUT2D eigenvalue weighted by atomic mass is 10.1. The first-order valence-corrected chi connectivity index (χ1v) is 9.50. The maximum Gasteiger partial charge on any atom is 0.150 e. The van der Waals surface area contributed by atoms with E-state index in [0.29, 0.717) is 18.0 Å². The van der Waals surface area contributed by atoms with Crippen molar-refractivity contribution in [3.63, 3.8) is 0 Å². The Labute approximate surface area is 134 Å². The fourth-order valence-corrected chi connectivity index (χ4v) is 5.13. The predicted molar refractivity (Wildman–Crippen MR) is 85.8 cm³/mol. The SMILES string of the molecule is CC(Cl)c1nc2c(Cl)cccc2n1CC1CCS(=O)(=O)C1. The normalized spacial score (nSPS) is 22.7. The van der Waals surface area contributed by atoms with E-state index < -0.39 is 9.84 Å². The summed E-state index contributed by atoms with van der Waals surface area (Å²) in [6.45, 7) is 2.47. The third kappa shape index (κ3) is 2.91. The summed E-state index contributed by atoms with van der Waals surface area (Å²) in [6.07, 6.45) is 0.693. The second kappa shape index (κ2) is 5.45. The van der Waals surface area contributed by atoms with E-state index in [1.54, 1.807) is 6.07 Å². The van der Waals surface area contributed by atoms with Gasteiger partial charge in [-0.15, -0.1) is 11.6 Å². The number of halogens is 2. The van der Waals surface area contributed by atoms with Gasteiger partial charge in [-0.25, -0.2) is 13.4 Å². The van der Waals surface area contributed by atoms with Crippen molar-refractivity contribution >= 4 is 44.1 Å². The van der Waals surface area contributed by atoms with Crippen LogP contribution in [0.25, 0.3) is 11.0 Å². The van der Waals surface area contributed by atoms with E-state index in [4.69, 9.17) is 23.2 Å². The van der Waals surface area contributed by atoms with E-state index in [-0.39, 0.29) is 22.8 Å². The molecule has 7 heteroatoms. The molecule has 1 saturated heterocycles. The van der Waals surface area contributed by atoms with Crippen molar-refractivity contribution in [1.29, 1.82) is 0 Å². The summed E-state index contributed by atoms with van der Waals surface area (Å²) in [7, 11) is -2.89. The number of aromatic nitrogens is 2. The van der Waals surface area contributed by atoms with Gasteiger partial charge in [0.15, 0.2) is 9.84 Å². The summed E-state index contributed by atoms with van der Waals surface area (Å²) in [4.78, 5) is 4.54. The molecule has 2 atom stereocenters. The summed E-state index contributed by atoms with van der Waals surface area (Å²) in [5.41, 5.74) is 1.64. The van der Waals surface area contributed by atoms with E-state index >= 15 is 0 Å². The van der Waals surface area contributed by atoms with Crippen LogP contribution in [0, 0.1) is 5.92 Å². The van der Waals surface area contributed by atoms with Crippen molar-refractivity contribution in [3.05, 3.63) is 29.0 Å². The van der Waals surface area contributed by atoms with E-state index in [1.807, 2.05) is 23.6 Å². The second-order valence-corrected chi connectivity index (χ2v) is 8.86. The van der Waals surface area contributed by atoms with Crippen molar-refractivity contribution in [2.45, 2.75) is 25.3 Å². The molecule has 1 aliphatic rings. The molecule has 1 aromatic heterocycles. The first kappa shape index (κ1) is 15.1. The van der Waals surface area contributed by atoms with Crippen LogP contribution in [0.1, 0.15) is 24.5 Å². The zero-order valence-corrected chi connectivity index (χ0v) is 13.9. The third-order valence-electron chi connectivity index (χ3n) is 3.88. The molecule has 1 aromatic carbocycles. The number of imidazole rings is 1. The molecular formula is C14H16Cl2N2O2S. The highest BCUT2D eigenvalue weighted by atomic mass is 35.5. The van der Waals surface area contributed by atoms with Crippen LogP contribution < -0.4 is 0 Å².